The molecule has 1 aliphatic rings. The summed E-state index contributed by atoms with van der Waals surface area (Å²) in [6, 6.07) is 3.09. The molecular formula is C15H15NO6. The first-order chi connectivity index (χ1) is 10.3. The lowest BCUT2D eigenvalue weighted by Crippen LogP contribution is -2.32. The molecule has 0 fully saturated rings. The molecular weight excluding hydrogens is 290 g/mol. The van der Waals surface area contributed by atoms with Crippen LogP contribution in [0.3, 0.4) is 0 Å². The highest BCUT2D eigenvalue weighted by molar-refractivity contribution is 6.14. The van der Waals surface area contributed by atoms with Gasteiger partial charge in [0.1, 0.15) is 6.04 Å². The fourth-order valence-corrected chi connectivity index (χ4v) is 1.48. The van der Waals surface area contributed by atoms with Gasteiger partial charge in [-0.25, -0.2) is 0 Å². The summed E-state index contributed by atoms with van der Waals surface area (Å²) in [6.07, 6.45) is 5.12. The maximum atomic E-state index is 10.4. The number of aromatic hydroxyl groups is 2. The van der Waals surface area contributed by atoms with Crippen molar-refractivity contribution in [1.29, 1.82) is 0 Å². The van der Waals surface area contributed by atoms with Crippen LogP contribution in [-0.2, 0) is 20.8 Å². The highest BCUT2D eigenvalue weighted by atomic mass is 16.4. The van der Waals surface area contributed by atoms with E-state index in [1.165, 1.54) is 42.5 Å². The number of phenolic OH excluding ortho intramolecular Hbond substituents is 2. The van der Waals surface area contributed by atoms with Crippen molar-refractivity contribution < 1.29 is 29.7 Å². The van der Waals surface area contributed by atoms with E-state index in [4.69, 9.17) is 21.1 Å². The molecule has 22 heavy (non-hydrogen) atoms. The first-order valence-corrected chi connectivity index (χ1v) is 6.23. The van der Waals surface area contributed by atoms with Crippen LogP contribution in [0.2, 0.25) is 0 Å². The summed E-state index contributed by atoms with van der Waals surface area (Å²) in [6.45, 7) is 0. The predicted octanol–water partition coefficient (Wildman–Crippen LogP) is 0.303. The Balaban J connectivity index is 0.000000255. The van der Waals surface area contributed by atoms with Crippen molar-refractivity contribution in [2.24, 2.45) is 5.73 Å². The number of carboxylic acid groups (broad SMARTS) is 1. The van der Waals surface area contributed by atoms with Crippen molar-refractivity contribution >= 4 is 17.5 Å². The minimum Gasteiger partial charge on any atom is -0.504 e. The Labute approximate surface area is 126 Å². The Morgan fingerprint density at radius 3 is 1.91 bits per heavy atom. The zero-order chi connectivity index (χ0) is 16.7. The van der Waals surface area contributed by atoms with E-state index in [-0.39, 0.29) is 29.5 Å². The lowest BCUT2D eigenvalue weighted by Gasteiger charge is -2.06. The van der Waals surface area contributed by atoms with Crippen molar-refractivity contribution in [3.05, 3.63) is 48.1 Å². The van der Waals surface area contributed by atoms with Crippen molar-refractivity contribution in [2.75, 3.05) is 0 Å². The van der Waals surface area contributed by atoms with Gasteiger partial charge >= 0.3 is 5.97 Å². The molecule has 0 unspecified atom stereocenters. The van der Waals surface area contributed by atoms with E-state index in [1.54, 1.807) is 0 Å². The van der Waals surface area contributed by atoms with Gasteiger partial charge in [0, 0.05) is 0 Å². The normalized spacial score (nSPS) is 14.2. The Bertz CT molecular complexity index is 609. The summed E-state index contributed by atoms with van der Waals surface area (Å²) >= 11 is 0. The van der Waals surface area contributed by atoms with Crippen LogP contribution in [0.25, 0.3) is 0 Å². The van der Waals surface area contributed by atoms with Gasteiger partial charge in [-0.05, 0) is 48.4 Å². The Morgan fingerprint density at radius 2 is 1.50 bits per heavy atom. The number of nitrogens with two attached hydrogens (primary N) is 1. The van der Waals surface area contributed by atoms with E-state index in [2.05, 4.69) is 0 Å². The van der Waals surface area contributed by atoms with Crippen molar-refractivity contribution in [1.82, 2.24) is 0 Å². The predicted molar refractivity (Wildman–Crippen MR) is 77.4 cm³/mol. The third kappa shape index (κ3) is 5.59. The monoisotopic (exact) mass is 305 g/mol. The summed E-state index contributed by atoms with van der Waals surface area (Å²) in [7, 11) is 0. The highest BCUT2D eigenvalue weighted by Gasteiger charge is 2.12. The van der Waals surface area contributed by atoms with Crippen LogP contribution in [0.1, 0.15) is 5.56 Å². The molecule has 7 heteroatoms. The number of allylic oxidation sites excluding steroid dienone is 4. The summed E-state index contributed by atoms with van der Waals surface area (Å²) < 4.78 is 0. The van der Waals surface area contributed by atoms with Crippen LogP contribution in [0.15, 0.2) is 42.5 Å². The molecule has 0 saturated heterocycles. The highest BCUT2D eigenvalue weighted by Crippen LogP contribution is 2.25. The fourth-order valence-electron chi connectivity index (χ4n) is 1.48. The van der Waals surface area contributed by atoms with Crippen LogP contribution in [-0.4, -0.2) is 38.9 Å². The molecule has 5 N–H and O–H groups in total. The van der Waals surface area contributed by atoms with E-state index >= 15 is 0 Å². The second kappa shape index (κ2) is 7.75. The molecule has 1 aromatic carbocycles. The number of rotatable bonds is 3. The third-order valence-corrected chi connectivity index (χ3v) is 2.64. The topological polar surface area (TPSA) is 138 Å². The second-order valence-corrected chi connectivity index (χ2v) is 4.44. The van der Waals surface area contributed by atoms with E-state index < -0.39 is 12.0 Å². The Morgan fingerprint density at radius 1 is 1.00 bits per heavy atom. The SMILES string of the molecule is N[C@@H](Cc1ccc(O)c(O)c1)C(=O)O.O=C1C=CC(=O)C=C1. The van der Waals surface area contributed by atoms with E-state index in [1.807, 2.05) is 0 Å². The van der Waals surface area contributed by atoms with E-state index in [0.29, 0.717) is 5.56 Å². The van der Waals surface area contributed by atoms with Crippen molar-refractivity contribution in [2.45, 2.75) is 12.5 Å². The van der Waals surface area contributed by atoms with Gasteiger partial charge in [0.05, 0.1) is 0 Å². The number of aliphatic carboxylic acids is 1. The second-order valence-electron chi connectivity index (χ2n) is 4.44. The van der Waals surface area contributed by atoms with Crippen LogP contribution in [0.5, 0.6) is 11.5 Å². The molecule has 2 rings (SSSR count). The van der Waals surface area contributed by atoms with Gasteiger partial charge in [0.25, 0.3) is 0 Å². The number of hydrogen-bond donors (Lipinski definition) is 4. The summed E-state index contributed by atoms with van der Waals surface area (Å²) in [5.41, 5.74) is 5.86. The molecule has 0 saturated carbocycles. The maximum Gasteiger partial charge on any atom is 0.320 e. The minimum absolute atomic E-state index is 0.114. The number of carbonyl (C=O) groups excluding carboxylic acids is 2. The van der Waals surface area contributed by atoms with Crippen LogP contribution in [0, 0.1) is 0 Å². The Kier molecular flexibility index (Phi) is 6.03. The molecule has 1 aliphatic carbocycles. The average molecular weight is 305 g/mol. The van der Waals surface area contributed by atoms with Crippen LogP contribution < -0.4 is 5.73 Å². The zero-order valence-electron chi connectivity index (χ0n) is 11.5. The largest absolute Gasteiger partial charge is 0.504 e. The lowest BCUT2D eigenvalue weighted by atomic mass is 10.1. The van der Waals surface area contributed by atoms with Crippen molar-refractivity contribution in [3.63, 3.8) is 0 Å². The quantitative estimate of drug-likeness (QED) is 0.465. The standard InChI is InChI=1S/C9H11NO4.C6H4O2/c10-6(9(13)14)3-5-1-2-7(11)8(12)4-5;7-5-1-2-6(8)4-3-5/h1-2,4,6,11-12H,3,10H2,(H,13,14);1-4H/t6-;/m0./s1. The zero-order valence-corrected chi connectivity index (χ0v) is 11.5. The van der Waals surface area contributed by atoms with Gasteiger partial charge in [-0.3, -0.25) is 14.4 Å². The van der Waals surface area contributed by atoms with Crippen LogP contribution in [0.4, 0.5) is 0 Å². The molecule has 0 spiro atoms. The molecule has 0 heterocycles. The summed E-state index contributed by atoms with van der Waals surface area (Å²) in [5.74, 6) is -1.86. The number of hydrogen-bond acceptors (Lipinski definition) is 6. The minimum atomic E-state index is -1.10. The smallest absolute Gasteiger partial charge is 0.320 e. The molecule has 0 bridgehead atoms. The molecule has 0 amide bonds. The van der Waals surface area contributed by atoms with Gasteiger partial charge in [-0.1, -0.05) is 6.07 Å². The van der Waals surface area contributed by atoms with E-state index in [9.17, 15) is 14.4 Å². The third-order valence-electron chi connectivity index (χ3n) is 2.64. The van der Waals surface area contributed by atoms with Crippen molar-refractivity contribution in [3.8, 4) is 11.5 Å². The van der Waals surface area contributed by atoms with Gasteiger partial charge in [-0.15, -0.1) is 0 Å². The number of carbonyl (C=O) groups is 3. The molecule has 7 nitrogen and oxygen atoms in total. The maximum absolute atomic E-state index is 10.4. The summed E-state index contributed by atoms with van der Waals surface area (Å²) in [5, 5.41) is 26.6. The molecule has 116 valence electrons. The fraction of sp³-hybridized carbons (Fsp3) is 0.133. The van der Waals surface area contributed by atoms with Gasteiger partial charge in [-0.2, -0.15) is 0 Å². The van der Waals surface area contributed by atoms with Gasteiger partial charge in [0.2, 0.25) is 0 Å². The molecule has 1 atom stereocenters. The Hall–Kier alpha value is -2.93. The number of benzene rings is 1. The van der Waals surface area contributed by atoms with Crippen LogP contribution >= 0.6 is 0 Å². The molecule has 0 aliphatic heterocycles. The summed E-state index contributed by atoms with van der Waals surface area (Å²) in [4.78, 5) is 31.0. The van der Waals surface area contributed by atoms with E-state index in [0.717, 1.165) is 0 Å². The van der Waals surface area contributed by atoms with Gasteiger partial charge in [0.15, 0.2) is 23.1 Å². The number of ketones is 2. The molecule has 0 aromatic heterocycles. The molecule has 1 aromatic rings. The lowest BCUT2D eigenvalue weighted by molar-refractivity contribution is -0.138. The average Bonchev–Trinajstić information content (AvgIpc) is 2.46. The number of carboxylic acids is 1. The number of phenols is 2. The van der Waals surface area contributed by atoms with Gasteiger partial charge < -0.3 is 21.1 Å². The first kappa shape index (κ1) is 17.1. The molecule has 0 radical (unpaired) electrons. The first-order valence-electron chi connectivity index (χ1n) is 6.23.